The highest BCUT2D eigenvalue weighted by Gasteiger charge is 1.99. The molecule has 0 saturated carbocycles. The summed E-state index contributed by atoms with van der Waals surface area (Å²) in [5.41, 5.74) is 6.33. The summed E-state index contributed by atoms with van der Waals surface area (Å²) in [6.07, 6.45) is 3.78. The van der Waals surface area contributed by atoms with Gasteiger partial charge in [0, 0.05) is 17.1 Å². The van der Waals surface area contributed by atoms with Gasteiger partial charge in [-0.2, -0.15) is 0 Å². The van der Waals surface area contributed by atoms with Crippen molar-refractivity contribution in [3.05, 3.63) is 34.9 Å². The molecule has 0 aromatic heterocycles. The van der Waals surface area contributed by atoms with Crippen molar-refractivity contribution in [2.24, 2.45) is 5.73 Å². The van der Waals surface area contributed by atoms with Gasteiger partial charge >= 0.3 is 0 Å². The van der Waals surface area contributed by atoms with E-state index < -0.39 is 0 Å². The first-order chi connectivity index (χ1) is 6.27. The van der Waals surface area contributed by atoms with E-state index in [4.69, 9.17) is 22.1 Å². The van der Waals surface area contributed by atoms with Crippen molar-refractivity contribution in [2.45, 2.75) is 0 Å². The Labute approximate surface area is 83.0 Å². The van der Waals surface area contributed by atoms with Crippen LogP contribution in [0.15, 0.2) is 24.3 Å². The van der Waals surface area contributed by atoms with Crippen LogP contribution in [0.4, 0.5) is 0 Å². The molecule has 0 aliphatic heterocycles. The number of methoxy groups -OCH3 is 1. The van der Waals surface area contributed by atoms with Crippen molar-refractivity contribution in [3.63, 3.8) is 0 Å². The van der Waals surface area contributed by atoms with E-state index in [0.717, 1.165) is 11.3 Å². The number of benzene rings is 1. The van der Waals surface area contributed by atoms with Crippen molar-refractivity contribution in [1.29, 1.82) is 0 Å². The lowest BCUT2D eigenvalue weighted by Crippen LogP contribution is -1.92. The molecule has 1 aromatic carbocycles. The number of ether oxygens (including phenoxy) is 1. The lowest BCUT2D eigenvalue weighted by Gasteiger charge is -2.04. The van der Waals surface area contributed by atoms with E-state index in [1.165, 1.54) is 0 Å². The minimum atomic E-state index is 0.520. The second-order valence-corrected chi connectivity index (χ2v) is 2.96. The average Bonchev–Trinajstić information content (AvgIpc) is 2.16. The van der Waals surface area contributed by atoms with E-state index in [1.54, 1.807) is 13.2 Å². The number of hydrogen-bond acceptors (Lipinski definition) is 2. The summed E-state index contributed by atoms with van der Waals surface area (Å²) in [5.74, 6) is 0.761. The molecular formula is C10H12ClNO. The van der Waals surface area contributed by atoms with Crippen molar-refractivity contribution in [2.75, 3.05) is 13.7 Å². The van der Waals surface area contributed by atoms with Crippen LogP contribution in [-0.4, -0.2) is 13.7 Å². The molecule has 0 aliphatic rings. The predicted octanol–water partition coefficient (Wildman–Crippen LogP) is 2.32. The lowest BCUT2D eigenvalue weighted by molar-refractivity contribution is 0.414. The number of nitrogens with two attached hydrogens (primary N) is 1. The maximum absolute atomic E-state index is 5.80. The number of halogens is 1. The third kappa shape index (κ3) is 2.76. The van der Waals surface area contributed by atoms with E-state index in [9.17, 15) is 0 Å². The first kappa shape index (κ1) is 10.1. The Kier molecular flexibility index (Phi) is 3.80. The molecular weight excluding hydrogens is 186 g/mol. The summed E-state index contributed by atoms with van der Waals surface area (Å²) in [4.78, 5) is 0. The standard InChI is InChI=1S/C10H12ClNO/c1-13-10-7-9(11)5-4-8(10)3-2-6-12/h2-5,7H,6,12H2,1H3/b3-2+. The van der Waals surface area contributed by atoms with Crippen molar-refractivity contribution in [1.82, 2.24) is 0 Å². The van der Waals surface area contributed by atoms with E-state index in [-0.39, 0.29) is 0 Å². The maximum Gasteiger partial charge on any atom is 0.127 e. The van der Waals surface area contributed by atoms with Crippen molar-refractivity contribution >= 4 is 17.7 Å². The summed E-state index contributed by atoms with van der Waals surface area (Å²) in [7, 11) is 1.62. The summed E-state index contributed by atoms with van der Waals surface area (Å²) >= 11 is 5.80. The molecule has 13 heavy (non-hydrogen) atoms. The Bertz CT molecular complexity index is 310. The van der Waals surface area contributed by atoms with Crippen LogP contribution < -0.4 is 10.5 Å². The Hall–Kier alpha value is -0.990. The maximum atomic E-state index is 5.80. The van der Waals surface area contributed by atoms with Gasteiger partial charge in [0.15, 0.2) is 0 Å². The number of rotatable bonds is 3. The van der Waals surface area contributed by atoms with Gasteiger partial charge < -0.3 is 10.5 Å². The van der Waals surface area contributed by atoms with Gasteiger partial charge in [-0.05, 0) is 18.2 Å². The molecule has 3 heteroatoms. The Balaban J connectivity index is 2.99. The third-order valence-electron chi connectivity index (χ3n) is 1.63. The lowest BCUT2D eigenvalue weighted by atomic mass is 10.2. The molecule has 0 bridgehead atoms. The van der Waals surface area contributed by atoms with Gasteiger partial charge in [-0.3, -0.25) is 0 Å². The van der Waals surface area contributed by atoms with Gasteiger partial charge in [0.25, 0.3) is 0 Å². The van der Waals surface area contributed by atoms with Crippen LogP contribution in [0, 0.1) is 0 Å². The Morgan fingerprint density at radius 1 is 1.54 bits per heavy atom. The zero-order chi connectivity index (χ0) is 9.68. The summed E-state index contributed by atoms with van der Waals surface area (Å²) in [5, 5.41) is 0.668. The molecule has 1 rings (SSSR count). The van der Waals surface area contributed by atoms with Crippen LogP contribution in [0.5, 0.6) is 5.75 Å². The zero-order valence-electron chi connectivity index (χ0n) is 7.46. The van der Waals surface area contributed by atoms with E-state index in [2.05, 4.69) is 0 Å². The van der Waals surface area contributed by atoms with Crippen LogP contribution in [0.3, 0.4) is 0 Å². The minimum Gasteiger partial charge on any atom is -0.496 e. The van der Waals surface area contributed by atoms with Gasteiger partial charge in [0.2, 0.25) is 0 Å². The van der Waals surface area contributed by atoms with Crippen LogP contribution in [0.25, 0.3) is 6.08 Å². The molecule has 70 valence electrons. The molecule has 0 fully saturated rings. The topological polar surface area (TPSA) is 35.2 Å². The second-order valence-electron chi connectivity index (χ2n) is 2.52. The van der Waals surface area contributed by atoms with Crippen LogP contribution in [0.1, 0.15) is 5.56 Å². The molecule has 0 spiro atoms. The minimum absolute atomic E-state index is 0.520. The monoisotopic (exact) mass is 197 g/mol. The van der Waals surface area contributed by atoms with Gasteiger partial charge in [-0.1, -0.05) is 23.8 Å². The smallest absolute Gasteiger partial charge is 0.127 e. The van der Waals surface area contributed by atoms with Crippen molar-refractivity contribution in [3.8, 4) is 5.75 Å². The molecule has 2 nitrogen and oxygen atoms in total. The SMILES string of the molecule is COc1cc(Cl)ccc1/C=C/CN. The molecule has 0 unspecified atom stereocenters. The first-order valence-corrected chi connectivity index (χ1v) is 4.36. The molecule has 0 saturated heterocycles. The van der Waals surface area contributed by atoms with E-state index in [1.807, 2.05) is 24.3 Å². The molecule has 0 aliphatic carbocycles. The molecule has 2 N–H and O–H groups in total. The first-order valence-electron chi connectivity index (χ1n) is 3.98. The second kappa shape index (κ2) is 4.90. The molecule has 0 atom stereocenters. The zero-order valence-corrected chi connectivity index (χ0v) is 8.21. The van der Waals surface area contributed by atoms with Gasteiger partial charge in [0.05, 0.1) is 7.11 Å². The quantitative estimate of drug-likeness (QED) is 0.807. The van der Waals surface area contributed by atoms with Gasteiger partial charge in [0.1, 0.15) is 5.75 Å². The molecule has 0 radical (unpaired) electrons. The summed E-state index contributed by atoms with van der Waals surface area (Å²) in [6.45, 7) is 0.520. The highest BCUT2D eigenvalue weighted by molar-refractivity contribution is 6.30. The van der Waals surface area contributed by atoms with Gasteiger partial charge in [-0.15, -0.1) is 0 Å². The Morgan fingerprint density at radius 3 is 2.92 bits per heavy atom. The highest BCUT2D eigenvalue weighted by atomic mass is 35.5. The average molecular weight is 198 g/mol. The largest absolute Gasteiger partial charge is 0.496 e. The predicted molar refractivity (Wildman–Crippen MR) is 56.1 cm³/mol. The van der Waals surface area contributed by atoms with E-state index in [0.29, 0.717) is 11.6 Å². The van der Waals surface area contributed by atoms with Gasteiger partial charge in [-0.25, -0.2) is 0 Å². The van der Waals surface area contributed by atoms with Crippen LogP contribution >= 0.6 is 11.6 Å². The molecule has 1 aromatic rings. The summed E-state index contributed by atoms with van der Waals surface area (Å²) in [6, 6.07) is 5.49. The van der Waals surface area contributed by atoms with E-state index >= 15 is 0 Å². The normalized spacial score (nSPS) is 10.7. The summed E-state index contributed by atoms with van der Waals surface area (Å²) < 4.78 is 5.15. The fourth-order valence-electron chi connectivity index (χ4n) is 1.02. The fraction of sp³-hybridized carbons (Fsp3) is 0.200. The Morgan fingerprint density at radius 2 is 2.31 bits per heavy atom. The van der Waals surface area contributed by atoms with Crippen LogP contribution in [-0.2, 0) is 0 Å². The van der Waals surface area contributed by atoms with Crippen LogP contribution in [0.2, 0.25) is 5.02 Å². The fourth-order valence-corrected chi connectivity index (χ4v) is 1.18. The third-order valence-corrected chi connectivity index (χ3v) is 1.86. The highest BCUT2D eigenvalue weighted by Crippen LogP contribution is 2.23. The molecule has 0 amide bonds. The number of hydrogen-bond donors (Lipinski definition) is 1. The van der Waals surface area contributed by atoms with Crippen molar-refractivity contribution < 1.29 is 4.74 Å². The molecule has 0 heterocycles.